The van der Waals surface area contributed by atoms with Crippen LogP contribution in [0, 0.1) is 18.3 Å². The SMILES string of the molecule is Cc1coc(SCCS(=O)(=O)c2cccc(C#N)c2)n1. The van der Waals surface area contributed by atoms with Crippen molar-refractivity contribution in [1.82, 2.24) is 4.98 Å². The standard InChI is InChI=1S/C13H12N2O3S2/c1-10-9-18-13(15-10)19-5-6-20(16,17)12-4-2-3-11(7-12)8-14/h2-4,7,9H,5-6H2,1H3. The van der Waals surface area contributed by atoms with E-state index in [-0.39, 0.29) is 10.6 Å². The lowest BCUT2D eigenvalue weighted by molar-refractivity contribution is 0.454. The number of hydrogen-bond donors (Lipinski definition) is 0. The monoisotopic (exact) mass is 308 g/mol. The van der Waals surface area contributed by atoms with E-state index in [1.807, 2.05) is 6.07 Å². The molecule has 5 nitrogen and oxygen atoms in total. The van der Waals surface area contributed by atoms with E-state index in [9.17, 15) is 8.42 Å². The third kappa shape index (κ3) is 3.62. The van der Waals surface area contributed by atoms with E-state index < -0.39 is 9.84 Å². The van der Waals surface area contributed by atoms with Crippen LogP contribution in [0.2, 0.25) is 0 Å². The Hall–Kier alpha value is -1.78. The summed E-state index contributed by atoms with van der Waals surface area (Å²) in [7, 11) is -3.40. The van der Waals surface area contributed by atoms with Crippen LogP contribution in [0.3, 0.4) is 0 Å². The van der Waals surface area contributed by atoms with E-state index >= 15 is 0 Å². The summed E-state index contributed by atoms with van der Waals surface area (Å²) in [6.07, 6.45) is 1.52. The average Bonchev–Trinajstić information content (AvgIpc) is 2.84. The lowest BCUT2D eigenvalue weighted by Gasteiger charge is -2.03. The molecule has 0 bridgehead atoms. The van der Waals surface area contributed by atoms with E-state index in [0.717, 1.165) is 5.69 Å². The summed E-state index contributed by atoms with van der Waals surface area (Å²) in [5.41, 5.74) is 1.10. The summed E-state index contributed by atoms with van der Waals surface area (Å²) in [6, 6.07) is 7.95. The fraction of sp³-hybridized carbons (Fsp3) is 0.231. The summed E-state index contributed by atoms with van der Waals surface area (Å²) in [5.74, 6) is 0.313. The molecule has 0 amide bonds. The molecule has 0 N–H and O–H groups in total. The first kappa shape index (κ1) is 14.6. The highest BCUT2D eigenvalue weighted by Gasteiger charge is 2.15. The molecule has 1 aromatic carbocycles. The van der Waals surface area contributed by atoms with Gasteiger partial charge in [-0.25, -0.2) is 13.4 Å². The number of sulfone groups is 1. The Bertz CT molecular complexity index is 745. The van der Waals surface area contributed by atoms with Gasteiger partial charge in [0.2, 0.25) is 0 Å². The number of aryl methyl sites for hydroxylation is 1. The molecule has 0 radical (unpaired) electrons. The molecule has 20 heavy (non-hydrogen) atoms. The zero-order chi connectivity index (χ0) is 14.6. The lowest BCUT2D eigenvalue weighted by Crippen LogP contribution is -2.09. The van der Waals surface area contributed by atoms with Crippen molar-refractivity contribution in [3.63, 3.8) is 0 Å². The fourth-order valence-corrected chi connectivity index (χ4v) is 4.05. The second-order valence-corrected chi connectivity index (χ2v) is 7.22. The first-order valence-electron chi connectivity index (χ1n) is 5.79. The van der Waals surface area contributed by atoms with Crippen molar-refractivity contribution in [2.45, 2.75) is 17.0 Å². The van der Waals surface area contributed by atoms with Gasteiger partial charge in [-0.2, -0.15) is 5.26 Å². The minimum absolute atomic E-state index is 0.0338. The number of nitriles is 1. The van der Waals surface area contributed by atoms with Crippen LogP contribution in [0.25, 0.3) is 0 Å². The zero-order valence-electron chi connectivity index (χ0n) is 10.7. The van der Waals surface area contributed by atoms with Gasteiger partial charge in [0.25, 0.3) is 5.22 Å². The number of thioether (sulfide) groups is 1. The molecule has 7 heteroatoms. The number of hydrogen-bond acceptors (Lipinski definition) is 6. The zero-order valence-corrected chi connectivity index (χ0v) is 12.4. The van der Waals surface area contributed by atoms with Crippen LogP contribution in [0.5, 0.6) is 0 Å². The second kappa shape index (κ2) is 6.11. The van der Waals surface area contributed by atoms with Crippen LogP contribution in [-0.2, 0) is 9.84 Å². The van der Waals surface area contributed by atoms with E-state index in [2.05, 4.69) is 4.98 Å². The molecule has 0 unspecified atom stereocenters. The maximum absolute atomic E-state index is 12.1. The van der Waals surface area contributed by atoms with Gasteiger partial charge >= 0.3 is 0 Å². The average molecular weight is 308 g/mol. The summed E-state index contributed by atoms with van der Waals surface area (Å²) < 4.78 is 29.4. The highest BCUT2D eigenvalue weighted by Crippen LogP contribution is 2.19. The Morgan fingerprint density at radius 2 is 2.25 bits per heavy atom. The molecule has 0 aliphatic heterocycles. The molecule has 0 aliphatic rings. The molecule has 2 aromatic rings. The van der Waals surface area contributed by atoms with Crippen molar-refractivity contribution < 1.29 is 12.8 Å². The van der Waals surface area contributed by atoms with Crippen molar-refractivity contribution >= 4 is 21.6 Å². The molecule has 104 valence electrons. The van der Waals surface area contributed by atoms with Crippen LogP contribution in [0.4, 0.5) is 0 Å². The van der Waals surface area contributed by atoms with Crippen molar-refractivity contribution in [3.8, 4) is 6.07 Å². The lowest BCUT2D eigenvalue weighted by atomic mass is 10.2. The van der Waals surface area contributed by atoms with E-state index in [4.69, 9.17) is 9.68 Å². The predicted octanol–water partition coefficient (Wildman–Crippen LogP) is 2.42. The normalized spacial score (nSPS) is 11.2. The van der Waals surface area contributed by atoms with E-state index in [1.54, 1.807) is 19.1 Å². The van der Waals surface area contributed by atoms with Gasteiger partial charge in [-0.15, -0.1) is 0 Å². The van der Waals surface area contributed by atoms with Gasteiger partial charge in [-0.05, 0) is 25.1 Å². The summed E-state index contributed by atoms with van der Waals surface area (Å²) in [6.45, 7) is 1.80. The molecule has 0 spiro atoms. The smallest absolute Gasteiger partial charge is 0.255 e. The van der Waals surface area contributed by atoms with Gasteiger partial charge < -0.3 is 4.42 Å². The minimum Gasteiger partial charge on any atom is -0.440 e. The van der Waals surface area contributed by atoms with Gasteiger partial charge in [0.15, 0.2) is 9.84 Å². The van der Waals surface area contributed by atoms with Crippen molar-refractivity contribution in [3.05, 3.63) is 41.8 Å². The molecular formula is C13H12N2O3S2. The maximum Gasteiger partial charge on any atom is 0.255 e. The van der Waals surface area contributed by atoms with Crippen LogP contribution in [0.1, 0.15) is 11.3 Å². The quantitative estimate of drug-likeness (QED) is 0.789. The Labute approximate surface area is 121 Å². The van der Waals surface area contributed by atoms with Gasteiger partial charge in [0.05, 0.1) is 28.0 Å². The first-order valence-corrected chi connectivity index (χ1v) is 8.43. The maximum atomic E-state index is 12.1. The molecular weight excluding hydrogens is 296 g/mol. The Morgan fingerprint density at radius 1 is 1.45 bits per heavy atom. The third-order valence-electron chi connectivity index (χ3n) is 2.50. The highest BCUT2D eigenvalue weighted by atomic mass is 32.2. The van der Waals surface area contributed by atoms with Gasteiger partial charge in [-0.3, -0.25) is 0 Å². The molecule has 2 rings (SSSR count). The Balaban J connectivity index is 2.02. The molecule has 1 heterocycles. The number of oxazole rings is 1. The number of aromatic nitrogens is 1. The predicted molar refractivity (Wildman–Crippen MR) is 75.2 cm³/mol. The van der Waals surface area contributed by atoms with Crippen LogP contribution in [0.15, 0.2) is 45.1 Å². The molecule has 0 aliphatic carbocycles. The Morgan fingerprint density at radius 3 is 2.90 bits per heavy atom. The largest absolute Gasteiger partial charge is 0.440 e. The van der Waals surface area contributed by atoms with Crippen LogP contribution >= 0.6 is 11.8 Å². The number of nitrogens with zero attached hydrogens (tertiary/aromatic N) is 2. The molecule has 0 atom stereocenters. The minimum atomic E-state index is -3.40. The van der Waals surface area contributed by atoms with Crippen molar-refractivity contribution in [2.75, 3.05) is 11.5 Å². The summed E-state index contributed by atoms with van der Waals surface area (Å²) in [5, 5.41) is 9.25. The molecule has 0 fully saturated rings. The van der Waals surface area contributed by atoms with Crippen molar-refractivity contribution in [2.24, 2.45) is 0 Å². The number of benzene rings is 1. The van der Waals surface area contributed by atoms with Crippen molar-refractivity contribution in [1.29, 1.82) is 5.26 Å². The molecule has 1 aromatic heterocycles. The van der Waals surface area contributed by atoms with Gasteiger partial charge in [0.1, 0.15) is 6.26 Å². The second-order valence-electron chi connectivity index (χ2n) is 4.06. The van der Waals surface area contributed by atoms with Crippen LogP contribution in [-0.4, -0.2) is 24.9 Å². The Kier molecular flexibility index (Phi) is 4.47. The van der Waals surface area contributed by atoms with E-state index in [0.29, 0.717) is 16.5 Å². The first-order chi connectivity index (χ1) is 9.51. The summed E-state index contributed by atoms with van der Waals surface area (Å²) in [4.78, 5) is 4.26. The van der Waals surface area contributed by atoms with Crippen LogP contribution < -0.4 is 0 Å². The van der Waals surface area contributed by atoms with Gasteiger partial charge in [-0.1, -0.05) is 17.8 Å². The highest BCUT2D eigenvalue weighted by molar-refractivity contribution is 8.00. The van der Waals surface area contributed by atoms with Gasteiger partial charge in [0, 0.05) is 5.75 Å². The topological polar surface area (TPSA) is 84.0 Å². The fourth-order valence-electron chi connectivity index (χ4n) is 1.51. The molecule has 0 saturated heterocycles. The summed E-state index contributed by atoms with van der Waals surface area (Å²) >= 11 is 1.25. The molecule has 0 saturated carbocycles. The number of rotatable bonds is 5. The third-order valence-corrected chi connectivity index (χ3v) is 5.31. The van der Waals surface area contributed by atoms with E-state index in [1.165, 1.54) is 30.2 Å².